The fourth-order valence-electron chi connectivity index (χ4n) is 5.62. The number of aryl methyl sites for hydroxylation is 1. The van der Waals surface area contributed by atoms with Crippen LogP contribution in [0.1, 0.15) is 30.2 Å². The molecule has 3 N–H and O–H groups in total. The number of carbonyl (C=O) groups is 1. The number of para-hydroxylation sites is 1. The third-order valence-corrected chi connectivity index (χ3v) is 8.39. The SMILES string of the molecule is C[C@H](/C=C/CCn1cc(CCO)nn1)[C@@]1(O)C(=O)N(Cc2cccc(-n3[nH]c4ccccc4c3=O)c2)c2ccc(Br)cc21. The Hall–Kier alpha value is -4.32. The smallest absolute Gasteiger partial charge is 0.279 e. The molecule has 6 rings (SSSR count). The second kappa shape index (κ2) is 11.8. The molecule has 0 radical (unpaired) electrons. The van der Waals surface area contributed by atoms with Crippen molar-refractivity contribution >= 4 is 38.4 Å². The molecular formula is C32H31BrN6O4. The van der Waals surface area contributed by atoms with Gasteiger partial charge in [0.25, 0.3) is 11.5 Å². The summed E-state index contributed by atoms with van der Waals surface area (Å²) in [7, 11) is 0. The molecule has 10 nitrogen and oxygen atoms in total. The molecule has 0 bridgehead atoms. The van der Waals surface area contributed by atoms with Crippen molar-refractivity contribution in [2.45, 2.75) is 38.5 Å². The Kier molecular flexibility index (Phi) is 7.87. The third-order valence-electron chi connectivity index (χ3n) is 7.90. The minimum absolute atomic E-state index is 0.0207. The van der Waals surface area contributed by atoms with E-state index in [0.29, 0.717) is 41.7 Å². The molecule has 3 heterocycles. The van der Waals surface area contributed by atoms with Gasteiger partial charge >= 0.3 is 0 Å². The first-order valence-electron chi connectivity index (χ1n) is 14.1. The number of nitrogens with one attached hydrogen (secondary N) is 1. The van der Waals surface area contributed by atoms with Crippen molar-refractivity contribution in [3.63, 3.8) is 0 Å². The van der Waals surface area contributed by atoms with Crippen molar-refractivity contribution in [1.29, 1.82) is 0 Å². The van der Waals surface area contributed by atoms with E-state index in [0.717, 1.165) is 21.2 Å². The molecule has 2 aromatic heterocycles. The highest BCUT2D eigenvalue weighted by atomic mass is 79.9. The van der Waals surface area contributed by atoms with Crippen molar-refractivity contribution in [2.75, 3.05) is 11.5 Å². The van der Waals surface area contributed by atoms with Crippen LogP contribution in [-0.2, 0) is 29.9 Å². The molecular weight excluding hydrogens is 612 g/mol. The van der Waals surface area contributed by atoms with Crippen LogP contribution in [0.2, 0.25) is 0 Å². The zero-order valence-electron chi connectivity index (χ0n) is 23.5. The topological polar surface area (TPSA) is 129 Å². The first-order valence-corrected chi connectivity index (χ1v) is 14.9. The van der Waals surface area contributed by atoms with Gasteiger partial charge in [-0.15, -0.1) is 5.10 Å². The molecule has 2 atom stereocenters. The van der Waals surface area contributed by atoms with E-state index in [1.165, 1.54) is 4.68 Å². The van der Waals surface area contributed by atoms with Crippen molar-refractivity contribution in [2.24, 2.45) is 5.92 Å². The highest BCUT2D eigenvalue weighted by molar-refractivity contribution is 9.10. The van der Waals surface area contributed by atoms with Crippen LogP contribution in [-0.4, -0.2) is 47.5 Å². The summed E-state index contributed by atoms with van der Waals surface area (Å²) < 4.78 is 3.98. The second-order valence-corrected chi connectivity index (χ2v) is 11.7. The molecule has 1 amide bonds. The summed E-state index contributed by atoms with van der Waals surface area (Å²) >= 11 is 3.51. The van der Waals surface area contributed by atoms with Crippen LogP contribution in [0.5, 0.6) is 0 Å². The molecule has 1 aliphatic heterocycles. The minimum atomic E-state index is -1.76. The molecule has 0 saturated carbocycles. The molecule has 3 aromatic carbocycles. The summed E-state index contributed by atoms with van der Waals surface area (Å²) in [5.41, 5.74) is 2.21. The number of hydrogen-bond donors (Lipinski definition) is 3. The van der Waals surface area contributed by atoms with Gasteiger partial charge in [-0.2, -0.15) is 0 Å². The number of fused-ring (bicyclic) bond motifs is 2. The minimum Gasteiger partial charge on any atom is -0.396 e. The summed E-state index contributed by atoms with van der Waals surface area (Å²) in [4.78, 5) is 28.6. The van der Waals surface area contributed by atoms with Crippen molar-refractivity contribution in [3.8, 4) is 5.69 Å². The lowest BCUT2D eigenvalue weighted by atomic mass is 9.83. The van der Waals surface area contributed by atoms with Crippen molar-refractivity contribution in [1.82, 2.24) is 24.8 Å². The van der Waals surface area contributed by atoms with Gasteiger partial charge in [-0.05, 0) is 54.4 Å². The maximum atomic E-state index is 14.0. The van der Waals surface area contributed by atoms with Crippen molar-refractivity contribution < 1.29 is 15.0 Å². The first-order chi connectivity index (χ1) is 20.8. The van der Waals surface area contributed by atoms with Gasteiger partial charge in [0.2, 0.25) is 0 Å². The number of hydrogen-bond acceptors (Lipinski definition) is 6. The van der Waals surface area contributed by atoms with Crippen LogP contribution in [0.25, 0.3) is 16.6 Å². The third kappa shape index (κ3) is 5.35. The number of allylic oxidation sites excluding steroid dienone is 1. The highest BCUT2D eigenvalue weighted by Gasteiger charge is 2.52. The average Bonchev–Trinajstić information content (AvgIpc) is 3.66. The Morgan fingerprint density at radius 1 is 1.09 bits per heavy atom. The number of aliphatic hydroxyl groups excluding tert-OH is 1. The average molecular weight is 644 g/mol. The lowest BCUT2D eigenvalue weighted by molar-refractivity contribution is -0.139. The number of anilines is 1. The molecule has 0 saturated heterocycles. The molecule has 0 fully saturated rings. The van der Waals surface area contributed by atoms with Gasteiger partial charge in [0.05, 0.1) is 34.5 Å². The molecule has 0 unspecified atom stereocenters. The van der Waals surface area contributed by atoms with E-state index in [2.05, 4.69) is 31.3 Å². The van der Waals surface area contributed by atoms with Crippen LogP contribution in [0.4, 0.5) is 5.69 Å². The second-order valence-electron chi connectivity index (χ2n) is 10.7. The molecule has 1 aliphatic rings. The number of aromatic nitrogens is 5. The van der Waals surface area contributed by atoms with Gasteiger partial charge in [-0.1, -0.05) is 64.5 Å². The molecule has 11 heteroatoms. The number of benzene rings is 3. The summed E-state index contributed by atoms with van der Waals surface area (Å²) in [5, 5.41) is 32.9. The number of aromatic amines is 1. The summed E-state index contributed by atoms with van der Waals surface area (Å²) in [6, 6.07) is 20.3. The molecule has 0 aliphatic carbocycles. The number of amides is 1. The maximum absolute atomic E-state index is 14.0. The monoisotopic (exact) mass is 642 g/mol. The van der Waals surface area contributed by atoms with E-state index in [9.17, 15) is 14.7 Å². The predicted molar refractivity (Wildman–Crippen MR) is 167 cm³/mol. The van der Waals surface area contributed by atoms with Gasteiger partial charge < -0.3 is 15.1 Å². The van der Waals surface area contributed by atoms with Crippen LogP contribution in [0.15, 0.2) is 94.3 Å². The maximum Gasteiger partial charge on any atom is 0.279 e. The van der Waals surface area contributed by atoms with E-state index >= 15 is 0 Å². The normalized spacial score (nSPS) is 17.3. The summed E-state index contributed by atoms with van der Waals surface area (Å²) in [5.74, 6) is -0.925. The standard InChI is InChI=1S/C32H31BrN6O4/c1-21(7-4-5-15-37-20-24(14-16-40)34-36-37)32(43)27-18-23(33)12-13-29(27)38(31(32)42)19-22-8-6-9-25(17-22)39-30(41)26-10-2-3-11-28(26)35-39/h2-4,6-13,17-18,20-21,35,40,43H,5,14-16,19H2,1H3/b7-4+/t21-,32+/m1/s1. The quantitative estimate of drug-likeness (QED) is 0.196. The van der Waals surface area contributed by atoms with E-state index < -0.39 is 17.4 Å². The van der Waals surface area contributed by atoms with E-state index in [4.69, 9.17) is 5.11 Å². The lowest BCUT2D eigenvalue weighted by Crippen LogP contribution is -2.44. The van der Waals surface area contributed by atoms with E-state index in [-0.39, 0.29) is 18.7 Å². The molecule has 0 spiro atoms. The van der Waals surface area contributed by atoms with Gasteiger partial charge in [0.1, 0.15) is 0 Å². The number of nitrogens with zero attached hydrogens (tertiary/aromatic N) is 5. The zero-order valence-corrected chi connectivity index (χ0v) is 25.1. The van der Waals surface area contributed by atoms with Crippen LogP contribution >= 0.6 is 15.9 Å². The predicted octanol–water partition coefficient (Wildman–Crippen LogP) is 4.22. The largest absolute Gasteiger partial charge is 0.396 e. The van der Waals surface area contributed by atoms with Gasteiger partial charge in [-0.25, -0.2) is 4.68 Å². The number of carbonyl (C=O) groups excluding carboxylic acids is 1. The van der Waals surface area contributed by atoms with Crippen LogP contribution in [0, 0.1) is 5.92 Å². The van der Waals surface area contributed by atoms with Crippen LogP contribution in [0.3, 0.4) is 0 Å². The van der Waals surface area contributed by atoms with Gasteiger partial charge in [-0.3, -0.25) is 19.4 Å². The molecule has 5 aromatic rings. The molecule has 220 valence electrons. The lowest BCUT2D eigenvalue weighted by Gasteiger charge is -2.28. The highest BCUT2D eigenvalue weighted by Crippen LogP contribution is 2.46. The Labute approximate surface area is 256 Å². The van der Waals surface area contributed by atoms with Gasteiger partial charge in [0, 0.05) is 41.7 Å². The van der Waals surface area contributed by atoms with Gasteiger partial charge in [0.15, 0.2) is 5.60 Å². The Bertz CT molecular complexity index is 1890. The number of H-pyrrole nitrogens is 1. The number of rotatable bonds is 10. The number of halogens is 1. The first kappa shape index (κ1) is 28.8. The van der Waals surface area contributed by atoms with Crippen molar-refractivity contribution in [3.05, 3.63) is 117 Å². The fraction of sp³-hybridized carbons (Fsp3) is 0.250. The summed E-state index contributed by atoms with van der Waals surface area (Å²) in [6.45, 7) is 2.66. The summed E-state index contributed by atoms with van der Waals surface area (Å²) in [6.07, 6.45) is 6.69. The zero-order chi connectivity index (χ0) is 30.1. The number of aliphatic hydroxyl groups is 2. The Morgan fingerprint density at radius 3 is 2.74 bits per heavy atom. The fourth-order valence-corrected chi connectivity index (χ4v) is 5.98. The van der Waals surface area contributed by atoms with E-state index in [1.807, 2.05) is 73.7 Å². The Balaban J connectivity index is 1.24. The molecule has 43 heavy (non-hydrogen) atoms. The van der Waals surface area contributed by atoms with E-state index in [1.54, 1.807) is 27.9 Å². The van der Waals surface area contributed by atoms with Crippen LogP contribution < -0.4 is 10.5 Å². The Morgan fingerprint density at radius 2 is 1.93 bits per heavy atom.